The van der Waals surface area contributed by atoms with E-state index in [0.717, 1.165) is 38.6 Å². The van der Waals surface area contributed by atoms with Crippen molar-refractivity contribution >= 4 is 23.2 Å². The summed E-state index contributed by atoms with van der Waals surface area (Å²) in [6, 6.07) is 6.07. The van der Waals surface area contributed by atoms with Crippen LogP contribution in [0.15, 0.2) is 18.2 Å². The minimum absolute atomic E-state index is 0.523. The molecule has 1 saturated heterocycles. The van der Waals surface area contributed by atoms with E-state index in [1.165, 1.54) is 18.4 Å². The molecule has 2 fully saturated rings. The maximum atomic E-state index is 6.19. The Kier molecular flexibility index (Phi) is 5.11. The summed E-state index contributed by atoms with van der Waals surface area (Å²) in [7, 11) is 2.19. The Balaban J connectivity index is 1.67. The first-order valence-electron chi connectivity index (χ1n) is 7.84. The second kappa shape index (κ2) is 6.87. The molecule has 1 saturated carbocycles. The summed E-state index contributed by atoms with van der Waals surface area (Å²) < 4.78 is 5.97. The van der Waals surface area contributed by atoms with Crippen LogP contribution in [0.1, 0.15) is 30.7 Å². The Labute approximate surface area is 137 Å². The highest BCUT2D eigenvalue weighted by atomic mass is 35.5. The molecule has 2 unspecified atom stereocenters. The van der Waals surface area contributed by atoms with Crippen LogP contribution in [0.2, 0.25) is 10.0 Å². The summed E-state index contributed by atoms with van der Waals surface area (Å²) in [6.07, 6.45) is 3.85. The van der Waals surface area contributed by atoms with Crippen LogP contribution < -0.4 is 0 Å². The molecule has 0 radical (unpaired) electrons. The number of hydrogen-bond acceptors (Lipinski definition) is 2. The van der Waals surface area contributed by atoms with Gasteiger partial charge in [0.05, 0.1) is 16.7 Å². The first-order chi connectivity index (χ1) is 10.1. The predicted molar refractivity (Wildman–Crippen MR) is 88.4 cm³/mol. The van der Waals surface area contributed by atoms with Crippen molar-refractivity contribution in [1.29, 1.82) is 0 Å². The highest BCUT2D eigenvalue weighted by Gasteiger charge is 2.30. The minimum atomic E-state index is 0.523. The van der Waals surface area contributed by atoms with Crippen molar-refractivity contribution in [2.75, 3.05) is 33.4 Å². The zero-order chi connectivity index (χ0) is 14.8. The molecule has 0 N–H and O–H groups in total. The molecule has 0 amide bonds. The second-order valence-electron chi connectivity index (χ2n) is 6.57. The Morgan fingerprint density at radius 2 is 1.95 bits per heavy atom. The number of nitrogens with zero attached hydrogens (tertiary/aromatic N) is 1. The van der Waals surface area contributed by atoms with Gasteiger partial charge in [-0.2, -0.15) is 0 Å². The summed E-state index contributed by atoms with van der Waals surface area (Å²) in [5, 5.41) is 1.29. The molecule has 21 heavy (non-hydrogen) atoms. The van der Waals surface area contributed by atoms with Gasteiger partial charge in [0.2, 0.25) is 0 Å². The third-order valence-electron chi connectivity index (χ3n) is 4.69. The molecule has 2 atom stereocenters. The van der Waals surface area contributed by atoms with E-state index in [1.807, 2.05) is 12.1 Å². The lowest BCUT2D eigenvalue weighted by atomic mass is 9.81. The average molecular weight is 328 g/mol. The van der Waals surface area contributed by atoms with Crippen molar-refractivity contribution in [3.05, 3.63) is 33.8 Å². The highest BCUT2D eigenvalue weighted by molar-refractivity contribution is 6.42. The third kappa shape index (κ3) is 4.13. The fourth-order valence-corrected chi connectivity index (χ4v) is 3.54. The van der Waals surface area contributed by atoms with Crippen LogP contribution in [0.5, 0.6) is 0 Å². The van der Waals surface area contributed by atoms with Crippen LogP contribution in [0.3, 0.4) is 0 Å². The van der Waals surface area contributed by atoms with Crippen molar-refractivity contribution in [2.24, 2.45) is 11.8 Å². The number of benzene rings is 1. The van der Waals surface area contributed by atoms with E-state index in [0.29, 0.717) is 21.9 Å². The summed E-state index contributed by atoms with van der Waals surface area (Å²) in [4.78, 5) is 2.40. The number of halogens is 2. The van der Waals surface area contributed by atoms with Gasteiger partial charge in [0.15, 0.2) is 0 Å². The van der Waals surface area contributed by atoms with Gasteiger partial charge in [-0.1, -0.05) is 29.3 Å². The molecule has 1 aromatic rings. The molecule has 1 aromatic carbocycles. The Morgan fingerprint density at radius 1 is 1.14 bits per heavy atom. The summed E-state index contributed by atoms with van der Waals surface area (Å²) >= 11 is 12.2. The molecule has 2 nitrogen and oxygen atoms in total. The number of piperidine rings is 1. The van der Waals surface area contributed by atoms with Crippen LogP contribution in [-0.2, 0) is 4.74 Å². The lowest BCUT2D eigenvalue weighted by Crippen LogP contribution is -2.39. The Bertz CT molecular complexity index is 490. The molecule has 1 aliphatic heterocycles. The molecule has 1 aliphatic carbocycles. The van der Waals surface area contributed by atoms with E-state index in [1.54, 1.807) is 0 Å². The number of rotatable bonds is 5. The average Bonchev–Trinajstić information content (AvgIpc) is 3.27. The fraction of sp³-hybridized carbons (Fsp3) is 0.647. The molecule has 3 rings (SSSR count). The minimum Gasteiger partial charge on any atom is -0.381 e. The van der Waals surface area contributed by atoms with E-state index in [9.17, 15) is 0 Å². The van der Waals surface area contributed by atoms with E-state index in [4.69, 9.17) is 27.9 Å². The molecule has 116 valence electrons. The van der Waals surface area contributed by atoms with Crippen LogP contribution in [-0.4, -0.2) is 38.3 Å². The van der Waals surface area contributed by atoms with Crippen LogP contribution >= 0.6 is 23.2 Å². The number of ether oxygens (including phenoxy) is 1. The molecule has 2 aliphatic rings. The molecule has 0 aromatic heterocycles. The standard InChI is InChI=1S/C17H23Cl2NO/c1-20-7-6-15(13-4-5-16(18)17(19)8-13)14(9-20)11-21-10-12-2-3-12/h4-5,8,12,14-15H,2-3,6-7,9-11H2,1H3. The van der Waals surface area contributed by atoms with E-state index in [-0.39, 0.29) is 0 Å². The quantitative estimate of drug-likeness (QED) is 0.791. The van der Waals surface area contributed by atoms with E-state index >= 15 is 0 Å². The number of hydrogen-bond donors (Lipinski definition) is 0. The molecule has 0 spiro atoms. The SMILES string of the molecule is CN1CCC(c2ccc(Cl)c(Cl)c2)C(COCC2CC2)C1. The van der Waals surface area contributed by atoms with Gasteiger partial charge >= 0.3 is 0 Å². The smallest absolute Gasteiger partial charge is 0.0595 e. The van der Waals surface area contributed by atoms with E-state index in [2.05, 4.69) is 18.0 Å². The summed E-state index contributed by atoms with van der Waals surface area (Å²) in [5.74, 6) is 1.89. The maximum absolute atomic E-state index is 6.19. The van der Waals surface area contributed by atoms with Gasteiger partial charge in [0.25, 0.3) is 0 Å². The Morgan fingerprint density at radius 3 is 2.67 bits per heavy atom. The molecule has 4 heteroatoms. The molecule has 0 bridgehead atoms. The molecule has 1 heterocycles. The predicted octanol–water partition coefficient (Wildman–Crippen LogP) is 4.46. The lowest BCUT2D eigenvalue weighted by molar-refractivity contribution is 0.0510. The highest BCUT2D eigenvalue weighted by Crippen LogP contribution is 2.36. The van der Waals surface area contributed by atoms with Gasteiger partial charge in [0, 0.05) is 19.1 Å². The van der Waals surface area contributed by atoms with Gasteiger partial charge < -0.3 is 9.64 Å². The lowest BCUT2D eigenvalue weighted by Gasteiger charge is -2.37. The van der Waals surface area contributed by atoms with Gasteiger partial charge in [-0.25, -0.2) is 0 Å². The molecular formula is C17H23Cl2NO. The maximum Gasteiger partial charge on any atom is 0.0595 e. The van der Waals surface area contributed by atoms with Crippen molar-refractivity contribution in [3.63, 3.8) is 0 Å². The number of likely N-dealkylation sites (tertiary alicyclic amines) is 1. The molecular weight excluding hydrogens is 305 g/mol. The van der Waals surface area contributed by atoms with Gasteiger partial charge in [-0.15, -0.1) is 0 Å². The Hall–Kier alpha value is -0.280. The summed E-state index contributed by atoms with van der Waals surface area (Å²) in [5.41, 5.74) is 1.30. The van der Waals surface area contributed by atoms with Crippen molar-refractivity contribution in [3.8, 4) is 0 Å². The van der Waals surface area contributed by atoms with Crippen LogP contribution in [0, 0.1) is 11.8 Å². The first-order valence-corrected chi connectivity index (χ1v) is 8.60. The van der Waals surface area contributed by atoms with Crippen molar-refractivity contribution in [1.82, 2.24) is 4.90 Å². The van der Waals surface area contributed by atoms with Gasteiger partial charge in [-0.3, -0.25) is 0 Å². The fourth-order valence-electron chi connectivity index (χ4n) is 3.24. The van der Waals surface area contributed by atoms with Gasteiger partial charge in [-0.05, 0) is 62.4 Å². The van der Waals surface area contributed by atoms with E-state index < -0.39 is 0 Å². The second-order valence-corrected chi connectivity index (χ2v) is 7.39. The third-order valence-corrected chi connectivity index (χ3v) is 5.43. The zero-order valence-electron chi connectivity index (χ0n) is 12.5. The monoisotopic (exact) mass is 327 g/mol. The summed E-state index contributed by atoms with van der Waals surface area (Å²) in [6.45, 7) is 4.01. The van der Waals surface area contributed by atoms with Crippen molar-refractivity contribution < 1.29 is 4.74 Å². The normalized spacial score (nSPS) is 27.0. The largest absolute Gasteiger partial charge is 0.381 e. The first kappa shape index (κ1) is 15.6. The van der Waals surface area contributed by atoms with Gasteiger partial charge in [0.1, 0.15) is 0 Å². The van der Waals surface area contributed by atoms with Crippen LogP contribution in [0.4, 0.5) is 0 Å². The zero-order valence-corrected chi connectivity index (χ0v) is 14.0. The topological polar surface area (TPSA) is 12.5 Å². The van der Waals surface area contributed by atoms with Crippen molar-refractivity contribution in [2.45, 2.75) is 25.2 Å². The van der Waals surface area contributed by atoms with Crippen LogP contribution in [0.25, 0.3) is 0 Å².